The SMILES string of the molecule is CC(C)C(CC(C)(C)CO)C1(C[Si](C)(C)c2ccccc2)CC1. The molecule has 1 nitrogen and oxygen atoms in total. The molecule has 0 bridgehead atoms. The lowest BCUT2D eigenvalue weighted by molar-refractivity contribution is 0.0912. The first-order chi connectivity index (χ1) is 10.6. The van der Waals surface area contributed by atoms with Crippen molar-refractivity contribution in [2.45, 2.75) is 66.1 Å². The van der Waals surface area contributed by atoms with Gasteiger partial charge in [-0.05, 0) is 48.0 Å². The number of hydrogen-bond acceptors (Lipinski definition) is 1. The van der Waals surface area contributed by atoms with Gasteiger partial charge in [-0.2, -0.15) is 0 Å². The van der Waals surface area contributed by atoms with Gasteiger partial charge in [0.25, 0.3) is 0 Å². The molecule has 1 fully saturated rings. The molecule has 0 aliphatic heterocycles. The number of hydrogen-bond donors (Lipinski definition) is 1. The summed E-state index contributed by atoms with van der Waals surface area (Å²) in [7, 11) is -1.41. The molecule has 1 aliphatic rings. The Bertz CT molecular complexity index is 500. The molecule has 0 amide bonds. The first-order valence-corrected chi connectivity index (χ1v) is 12.5. The molecule has 0 heterocycles. The molecule has 0 saturated heterocycles. The van der Waals surface area contributed by atoms with Crippen molar-refractivity contribution in [1.82, 2.24) is 0 Å². The number of rotatable bonds is 8. The molecule has 1 N–H and O–H groups in total. The largest absolute Gasteiger partial charge is 0.396 e. The first kappa shape index (κ1) is 18.7. The van der Waals surface area contributed by atoms with Crippen molar-refractivity contribution >= 4 is 13.3 Å². The minimum atomic E-state index is -1.41. The third kappa shape index (κ3) is 4.48. The van der Waals surface area contributed by atoms with E-state index in [1.807, 2.05) is 0 Å². The van der Waals surface area contributed by atoms with E-state index in [1.54, 1.807) is 5.19 Å². The first-order valence-electron chi connectivity index (χ1n) is 9.28. The van der Waals surface area contributed by atoms with Crippen LogP contribution < -0.4 is 5.19 Å². The highest BCUT2D eigenvalue weighted by atomic mass is 28.3. The van der Waals surface area contributed by atoms with Crippen molar-refractivity contribution in [2.75, 3.05) is 6.61 Å². The van der Waals surface area contributed by atoms with Gasteiger partial charge >= 0.3 is 0 Å². The Morgan fingerprint density at radius 3 is 2.13 bits per heavy atom. The van der Waals surface area contributed by atoms with Crippen molar-refractivity contribution in [2.24, 2.45) is 22.7 Å². The summed E-state index contributed by atoms with van der Waals surface area (Å²) in [6, 6.07) is 12.6. The summed E-state index contributed by atoms with van der Waals surface area (Å²) in [4.78, 5) is 0. The Hall–Kier alpha value is -0.603. The van der Waals surface area contributed by atoms with Crippen molar-refractivity contribution in [3.63, 3.8) is 0 Å². The minimum Gasteiger partial charge on any atom is -0.396 e. The lowest BCUT2D eigenvalue weighted by Crippen LogP contribution is -2.45. The van der Waals surface area contributed by atoms with Crippen LogP contribution in [-0.4, -0.2) is 19.8 Å². The van der Waals surface area contributed by atoms with Gasteiger partial charge in [-0.1, -0.05) is 76.3 Å². The number of aliphatic hydroxyl groups is 1. The number of benzene rings is 1. The van der Waals surface area contributed by atoms with Crippen LogP contribution in [0.2, 0.25) is 19.1 Å². The molecular weight excluding hydrogens is 296 g/mol. The van der Waals surface area contributed by atoms with E-state index in [9.17, 15) is 5.11 Å². The maximum atomic E-state index is 9.73. The van der Waals surface area contributed by atoms with E-state index in [1.165, 1.54) is 18.9 Å². The van der Waals surface area contributed by atoms with Gasteiger partial charge in [-0.25, -0.2) is 0 Å². The molecule has 1 saturated carbocycles. The highest BCUT2D eigenvalue weighted by Crippen LogP contribution is 2.61. The van der Waals surface area contributed by atoms with E-state index in [0.717, 1.165) is 12.3 Å². The van der Waals surface area contributed by atoms with Crippen molar-refractivity contribution in [3.05, 3.63) is 30.3 Å². The van der Waals surface area contributed by atoms with Gasteiger partial charge in [-0.3, -0.25) is 0 Å². The predicted molar refractivity (Wildman–Crippen MR) is 104 cm³/mol. The molecule has 0 spiro atoms. The summed E-state index contributed by atoms with van der Waals surface area (Å²) >= 11 is 0. The lowest BCUT2D eigenvalue weighted by atomic mass is 9.71. The van der Waals surface area contributed by atoms with E-state index in [-0.39, 0.29) is 5.41 Å². The van der Waals surface area contributed by atoms with E-state index in [4.69, 9.17) is 0 Å². The second-order valence-electron chi connectivity index (χ2n) is 9.67. The van der Waals surface area contributed by atoms with E-state index < -0.39 is 8.07 Å². The molecule has 1 aromatic carbocycles. The summed E-state index contributed by atoms with van der Waals surface area (Å²) in [5, 5.41) is 11.3. The zero-order valence-electron chi connectivity index (χ0n) is 16.0. The molecular formula is C21H36OSi. The summed E-state index contributed by atoms with van der Waals surface area (Å²) < 4.78 is 0. The molecule has 0 radical (unpaired) electrons. The monoisotopic (exact) mass is 332 g/mol. The zero-order chi connectivity index (χ0) is 17.3. The predicted octanol–water partition coefficient (Wildman–Crippen LogP) is 5.06. The Morgan fingerprint density at radius 2 is 1.70 bits per heavy atom. The minimum absolute atomic E-state index is 0.0446. The van der Waals surface area contributed by atoms with Crippen molar-refractivity contribution < 1.29 is 5.11 Å². The van der Waals surface area contributed by atoms with Gasteiger partial charge in [0.15, 0.2) is 0 Å². The Morgan fingerprint density at radius 1 is 1.13 bits per heavy atom. The van der Waals surface area contributed by atoms with E-state index in [0.29, 0.717) is 17.9 Å². The van der Waals surface area contributed by atoms with Gasteiger partial charge in [0.1, 0.15) is 0 Å². The fourth-order valence-corrected chi connectivity index (χ4v) is 8.20. The second kappa shape index (κ2) is 6.72. The van der Waals surface area contributed by atoms with Crippen LogP contribution in [0.25, 0.3) is 0 Å². The molecule has 2 heteroatoms. The molecule has 0 aromatic heterocycles. The van der Waals surface area contributed by atoms with E-state index >= 15 is 0 Å². The van der Waals surface area contributed by atoms with Crippen LogP contribution in [0.1, 0.15) is 47.0 Å². The van der Waals surface area contributed by atoms with Gasteiger partial charge in [0, 0.05) is 6.61 Å². The van der Waals surface area contributed by atoms with Gasteiger partial charge in [0.05, 0.1) is 8.07 Å². The second-order valence-corrected chi connectivity index (χ2v) is 14.4. The molecule has 2 rings (SSSR count). The molecule has 1 aliphatic carbocycles. The average Bonchev–Trinajstić information content (AvgIpc) is 3.25. The van der Waals surface area contributed by atoms with Crippen LogP contribution >= 0.6 is 0 Å². The molecule has 1 atom stereocenters. The zero-order valence-corrected chi connectivity index (χ0v) is 17.0. The van der Waals surface area contributed by atoms with Crippen LogP contribution in [0.4, 0.5) is 0 Å². The van der Waals surface area contributed by atoms with E-state index in [2.05, 4.69) is 71.1 Å². The van der Waals surface area contributed by atoms with Crippen LogP contribution in [0.3, 0.4) is 0 Å². The van der Waals surface area contributed by atoms with Crippen molar-refractivity contribution in [3.8, 4) is 0 Å². The smallest absolute Gasteiger partial charge is 0.0811 e. The Balaban J connectivity index is 2.19. The average molecular weight is 333 g/mol. The number of aliphatic hydroxyl groups excluding tert-OH is 1. The maximum absolute atomic E-state index is 9.73. The fourth-order valence-electron chi connectivity index (χ4n) is 4.53. The molecule has 130 valence electrons. The van der Waals surface area contributed by atoms with Crippen LogP contribution in [0.5, 0.6) is 0 Å². The van der Waals surface area contributed by atoms with Gasteiger partial charge in [0.2, 0.25) is 0 Å². The Labute approximate surface area is 144 Å². The molecule has 23 heavy (non-hydrogen) atoms. The summed E-state index contributed by atoms with van der Waals surface area (Å²) in [5.41, 5.74) is 0.579. The van der Waals surface area contributed by atoms with Crippen LogP contribution in [-0.2, 0) is 0 Å². The lowest BCUT2D eigenvalue weighted by Gasteiger charge is -2.39. The standard InChI is InChI=1S/C21H36OSi/c1-17(2)19(14-20(3,4)15-22)21(12-13-21)16-23(5,6)18-10-8-7-9-11-18/h7-11,17,19,22H,12-16H2,1-6H3. The highest BCUT2D eigenvalue weighted by molar-refractivity contribution is 6.89. The molecule has 1 unspecified atom stereocenters. The third-order valence-electron chi connectivity index (χ3n) is 6.03. The van der Waals surface area contributed by atoms with Crippen LogP contribution in [0.15, 0.2) is 30.3 Å². The highest BCUT2D eigenvalue weighted by Gasteiger charge is 2.53. The summed E-state index contributed by atoms with van der Waals surface area (Å²) in [6.07, 6.45) is 3.93. The summed E-state index contributed by atoms with van der Waals surface area (Å²) in [6.45, 7) is 14.6. The normalized spacial score (nSPS) is 19.0. The maximum Gasteiger partial charge on any atom is 0.0811 e. The van der Waals surface area contributed by atoms with Gasteiger partial charge in [-0.15, -0.1) is 0 Å². The van der Waals surface area contributed by atoms with Crippen molar-refractivity contribution in [1.29, 1.82) is 0 Å². The Kier molecular flexibility index (Phi) is 5.47. The quantitative estimate of drug-likeness (QED) is 0.659. The van der Waals surface area contributed by atoms with Crippen LogP contribution in [0, 0.1) is 22.7 Å². The summed E-state index contributed by atoms with van der Waals surface area (Å²) in [5.74, 6) is 1.43. The molecule has 1 aromatic rings. The topological polar surface area (TPSA) is 20.2 Å². The third-order valence-corrected chi connectivity index (χ3v) is 9.52. The van der Waals surface area contributed by atoms with Gasteiger partial charge < -0.3 is 5.11 Å². The fraction of sp³-hybridized carbons (Fsp3) is 0.714.